The molecule has 0 nitrogen and oxygen atoms in total. The number of thiophene rings is 2. The van der Waals surface area contributed by atoms with Crippen molar-refractivity contribution in [2.75, 3.05) is 0 Å². The molecule has 0 saturated heterocycles. The summed E-state index contributed by atoms with van der Waals surface area (Å²) in [6.45, 7) is 4.64. The number of fused-ring (bicyclic) bond motifs is 10. The van der Waals surface area contributed by atoms with E-state index < -0.39 is 0 Å². The van der Waals surface area contributed by atoms with Crippen molar-refractivity contribution in [2.45, 2.75) is 103 Å². The summed E-state index contributed by atoms with van der Waals surface area (Å²) in [5.41, 5.74) is 0. The van der Waals surface area contributed by atoms with E-state index in [0.717, 1.165) is 0 Å². The average molecular weight is 627 g/mol. The van der Waals surface area contributed by atoms with Gasteiger partial charge in [0.15, 0.2) is 0 Å². The van der Waals surface area contributed by atoms with Gasteiger partial charge in [-0.15, -0.1) is 37.7 Å². The lowest BCUT2D eigenvalue weighted by Crippen LogP contribution is -1.79. The van der Waals surface area contributed by atoms with E-state index in [1.54, 1.807) is 51.4 Å². The van der Waals surface area contributed by atoms with Gasteiger partial charge in [0, 0.05) is 60.8 Å². The number of unbranched alkanes of at least 4 members (excludes halogenated alkanes) is 10. The predicted molar refractivity (Wildman–Crippen MR) is 199 cm³/mol. The Bertz CT molecular complexity index is 1830. The largest absolute Gasteiger partial charge is 0.134 e. The minimum Gasteiger partial charge on any atom is -0.134 e. The fourth-order valence-corrected chi connectivity index (χ4v) is 16.4. The number of benzene rings is 3. The summed E-state index contributed by atoms with van der Waals surface area (Å²) >= 11 is 4.15. The summed E-state index contributed by atoms with van der Waals surface area (Å²) in [6.07, 6.45) is 19.3. The van der Waals surface area contributed by atoms with Crippen LogP contribution in [0, 0.1) is 0 Å². The second-order valence-corrected chi connectivity index (χ2v) is 18.8. The molecule has 0 amide bonds. The molecular formula is C38H44P2S2. The third kappa shape index (κ3) is 5.26. The van der Waals surface area contributed by atoms with Crippen LogP contribution in [0.1, 0.15) is 90.9 Å². The third-order valence-corrected chi connectivity index (χ3v) is 17.5. The topological polar surface area (TPSA) is 0 Å². The van der Waals surface area contributed by atoms with Gasteiger partial charge in [0.2, 0.25) is 0 Å². The molecule has 4 aromatic heterocycles. The van der Waals surface area contributed by atoms with Crippen molar-refractivity contribution >= 4 is 98.6 Å². The second kappa shape index (κ2) is 13.0. The Hall–Kier alpha value is -1.82. The highest BCUT2D eigenvalue weighted by atomic mass is 32.1. The van der Waals surface area contributed by atoms with Crippen molar-refractivity contribution in [1.82, 2.24) is 0 Å². The Morgan fingerprint density at radius 2 is 0.881 bits per heavy atom. The first kappa shape index (κ1) is 28.9. The van der Waals surface area contributed by atoms with E-state index in [-0.39, 0.29) is 15.1 Å². The smallest absolute Gasteiger partial charge is 0.0477 e. The Morgan fingerprint density at radius 3 is 1.33 bits per heavy atom. The number of rotatable bonds is 14. The van der Waals surface area contributed by atoms with Crippen molar-refractivity contribution in [3.05, 3.63) is 60.7 Å². The summed E-state index contributed by atoms with van der Waals surface area (Å²) in [4.78, 5) is 0. The zero-order valence-electron chi connectivity index (χ0n) is 25.4. The van der Waals surface area contributed by atoms with E-state index >= 15 is 0 Å². The highest BCUT2D eigenvalue weighted by Crippen LogP contribution is 2.61. The molecule has 0 spiro atoms. The normalized spacial score (nSPS) is 13.3. The molecule has 0 bridgehead atoms. The zero-order valence-corrected chi connectivity index (χ0v) is 28.8. The van der Waals surface area contributed by atoms with Crippen LogP contribution in [-0.4, -0.2) is 0 Å². The first-order valence-corrected chi connectivity index (χ1v) is 21.3. The molecule has 42 heavy (non-hydrogen) atoms. The van der Waals surface area contributed by atoms with Crippen molar-refractivity contribution in [2.24, 2.45) is 0 Å². The van der Waals surface area contributed by atoms with Crippen LogP contribution >= 0.6 is 37.7 Å². The Balaban J connectivity index is 1.38. The van der Waals surface area contributed by atoms with Crippen molar-refractivity contribution in [3.8, 4) is 0 Å². The van der Waals surface area contributed by atoms with Crippen LogP contribution in [0.25, 0.3) is 60.8 Å². The average Bonchev–Trinajstić information content (AvgIpc) is 3.73. The maximum Gasteiger partial charge on any atom is 0.0477 e. The fraction of sp³-hybridized carbons (Fsp3) is 0.421. The molecule has 218 valence electrons. The molecule has 3 aromatic carbocycles. The molecular weight excluding hydrogens is 583 g/mol. The van der Waals surface area contributed by atoms with Gasteiger partial charge in [-0.1, -0.05) is 114 Å². The van der Waals surface area contributed by atoms with Crippen LogP contribution in [-0.2, 0) is 12.3 Å². The second-order valence-electron chi connectivity index (χ2n) is 12.3. The number of hydrogen-bond donors (Lipinski definition) is 0. The Morgan fingerprint density at radius 1 is 0.476 bits per heavy atom. The van der Waals surface area contributed by atoms with E-state index in [1.807, 2.05) is 0 Å². The highest BCUT2D eigenvalue weighted by molar-refractivity contribution is 7.64. The van der Waals surface area contributed by atoms with Crippen molar-refractivity contribution < 1.29 is 0 Å². The van der Waals surface area contributed by atoms with Crippen LogP contribution < -0.4 is 0 Å². The van der Waals surface area contributed by atoms with E-state index in [1.165, 1.54) is 98.8 Å². The lowest BCUT2D eigenvalue weighted by Gasteiger charge is -2.07. The van der Waals surface area contributed by atoms with E-state index in [9.17, 15) is 0 Å². The molecule has 0 aliphatic rings. The zero-order chi connectivity index (χ0) is 28.5. The van der Waals surface area contributed by atoms with Gasteiger partial charge in [0.25, 0.3) is 0 Å². The van der Waals surface area contributed by atoms with Gasteiger partial charge in [0.05, 0.1) is 0 Å². The van der Waals surface area contributed by atoms with Crippen LogP contribution in [0.4, 0.5) is 0 Å². The highest BCUT2D eigenvalue weighted by Gasteiger charge is 2.22. The molecule has 0 fully saturated rings. The van der Waals surface area contributed by atoms with E-state index in [2.05, 4.69) is 97.2 Å². The molecule has 7 rings (SSSR count). The molecule has 2 unspecified atom stereocenters. The van der Waals surface area contributed by atoms with Crippen LogP contribution in [0.3, 0.4) is 0 Å². The van der Waals surface area contributed by atoms with Gasteiger partial charge < -0.3 is 0 Å². The minimum absolute atomic E-state index is 0.295. The molecule has 0 aliphatic heterocycles. The number of aryl methyl sites for hydroxylation is 2. The van der Waals surface area contributed by atoms with Crippen molar-refractivity contribution in [1.29, 1.82) is 0 Å². The van der Waals surface area contributed by atoms with Crippen LogP contribution in [0.2, 0.25) is 0 Å². The lowest BCUT2D eigenvalue weighted by molar-refractivity contribution is 0.619. The SMILES string of the molecule is CCCCCCCCp1c2cc3c4sc5ccccc5c4p(CCCCCCCC)c3cc2c2sc3ccccc3c21. The third-order valence-electron chi connectivity index (χ3n) is 9.33. The Labute approximate surface area is 261 Å². The summed E-state index contributed by atoms with van der Waals surface area (Å²) in [5.74, 6) is 0. The van der Waals surface area contributed by atoms with Gasteiger partial charge >= 0.3 is 0 Å². The molecule has 4 heteroatoms. The van der Waals surface area contributed by atoms with Crippen LogP contribution in [0.15, 0.2) is 60.7 Å². The molecule has 2 atom stereocenters. The summed E-state index contributed by atoms with van der Waals surface area (Å²) in [7, 11) is -0.591. The number of hydrogen-bond acceptors (Lipinski definition) is 2. The summed E-state index contributed by atoms with van der Waals surface area (Å²) < 4.78 is 6.20. The van der Waals surface area contributed by atoms with Gasteiger partial charge in [-0.2, -0.15) is 0 Å². The van der Waals surface area contributed by atoms with E-state index in [0.29, 0.717) is 0 Å². The first-order chi connectivity index (χ1) is 20.8. The summed E-state index contributed by atoms with van der Waals surface area (Å²) in [5, 5.41) is 13.1. The minimum atomic E-state index is -0.295. The molecule has 0 saturated carbocycles. The van der Waals surface area contributed by atoms with Gasteiger partial charge in [-0.3, -0.25) is 0 Å². The molecule has 0 aliphatic carbocycles. The standard InChI is InChI=1S/C38H44P2S2/c1-3-5-7-9-11-17-23-39-31-25-30-32(26-29(31)37-35(39)27-19-13-15-21-33(27)41-37)40(24-18-12-10-8-6-4-2)36-28-20-14-16-22-34(28)42-38(30)36/h13-16,19-22,25-26H,3-12,17-18,23-24H2,1-2H3. The van der Waals surface area contributed by atoms with Gasteiger partial charge in [0.1, 0.15) is 0 Å². The van der Waals surface area contributed by atoms with Crippen molar-refractivity contribution in [3.63, 3.8) is 0 Å². The van der Waals surface area contributed by atoms with E-state index in [4.69, 9.17) is 0 Å². The maximum absolute atomic E-state index is 2.73. The predicted octanol–water partition coefficient (Wildman–Crippen LogP) is 15.4. The quantitative estimate of drug-likeness (QED) is 0.105. The lowest BCUT2D eigenvalue weighted by atomic mass is 10.1. The molecule has 0 N–H and O–H groups in total. The van der Waals surface area contributed by atoms with Crippen LogP contribution in [0.5, 0.6) is 0 Å². The molecule has 0 radical (unpaired) electrons. The van der Waals surface area contributed by atoms with Gasteiger partial charge in [-0.05, 0) is 49.4 Å². The maximum atomic E-state index is 2.73. The Kier molecular flexibility index (Phi) is 8.98. The molecule has 4 heterocycles. The van der Waals surface area contributed by atoms with Gasteiger partial charge in [-0.25, -0.2) is 0 Å². The first-order valence-electron chi connectivity index (χ1n) is 16.6. The molecule has 7 aromatic rings. The monoisotopic (exact) mass is 626 g/mol. The fourth-order valence-electron chi connectivity index (χ4n) is 7.16. The summed E-state index contributed by atoms with van der Waals surface area (Å²) in [6, 6.07) is 24.0.